The van der Waals surface area contributed by atoms with Crippen molar-refractivity contribution < 1.29 is 4.39 Å². The van der Waals surface area contributed by atoms with Gasteiger partial charge in [0.1, 0.15) is 11.9 Å². The van der Waals surface area contributed by atoms with Gasteiger partial charge in [0.2, 0.25) is 0 Å². The van der Waals surface area contributed by atoms with Gasteiger partial charge in [0.25, 0.3) is 0 Å². The number of rotatable bonds is 4. The summed E-state index contributed by atoms with van der Waals surface area (Å²) in [6.07, 6.45) is 9.28. The van der Waals surface area contributed by atoms with E-state index < -0.39 is 5.82 Å². The van der Waals surface area contributed by atoms with Gasteiger partial charge >= 0.3 is 0 Å². The van der Waals surface area contributed by atoms with Crippen molar-refractivity contribution >= 4 is 21.8 Å². The Balaban J connectivity index is 1.58. The van der Waals surface area contributed by atoms with Crippen LogP contribution in [0.1, 0.15) is 11.1 Å². The second-order valence-corrected chi connectivity index (χ2v) is 8.43. The van der Waals surface area contributed by atoms with Gasteiger partial charge in [-0.1, -0.05) is 18.2 Å². The van der Waals surface area contributed by atoms with Crippen LogP contribution in [-0.4, -0.2) is 24.3 Å². The zero-order chi connectivity index (χ0) is 23.9. The summed E-state index contributed by atoms with van der Waals surface area (Å²) in [6, 6.07) is 18.7. The molecule has 0 unspecified atom stereocenters. The van der Waals surface area contributed by atoms with Gasteiger partial charge < -0.3 is 4.57 Å². The van der Waals surface area contributed by atoms with E-state index in [0.29, 0.717) is 12.1 Å². The monoisotopic (exact) mass is 458 g/mol. The van der Waals surface area contributed by atoms with Gasteiger partial charge in [0.15, 0.2) is 0 Å². The van der Waals surface area contributed by atoms with Gasteiger partial charge in [-0.25, -0.2) is 4.39 Å². The molecular formula is C28H19FN6. The van der Waals surface area contributed by atoms with E-state index in [4.69, 9.17) is 4.98 Å². The Hall–Kier alpha value is -4.83. The number of nitrogens with zero attached hydrogens (tertiary/aromatic N) is 6. The number of halogens is 1. The molecule has 4 heterocycles. The Morgan fingerprint density at radius 2 is 1.86 bits per heavy atom. The summed E-state index contributed by atoms with van der Waals surface area (Å²) in [6.45, 7) is 0.640. The van der Waals surface area contributed by atoms with Crippen LogP contribution in [0.15, 0.2) is 85.6 Å². The molecule has 6 rings (SSSR count). The molecule has 6 aromatic rings. The molecule has 0 aliphatic heterocycles. The maximum atomic E-state index is 14.7. The summed E-state index contributed by atoms with van der Waals surface area (Å²) in [4.78, 5) is 9.08. The second-order valence-electron chi connectivity index (χ2n) is 8.43. The third kappa shape index (κ3) is 3.52. The Kier molecular flexibility index (Phi) is 4.86. The van der Waals surface area contributed by atoms with Crippen molar-refractivity contribution in [3.63, 3.8) is 0 Å². The first-order valence-corrected chi connectivity index (χ1v) is 11.1. The van der Waals surface area contributed by atoms with Crippen LogP contribution in [0.2, 0.25) is 0 Å². The van der Waals surface area contributed by atoms with Crippen LogP contribution in [0.3, 0.4) is 0 Å². The molecule has 0 fully saturated rings. The lowest BCUT2D eigenvalue weighted by atomic mass is 9.95. The molecule has 2 aromatic carbocycles. The Bertz CT molecular complexity index is 1760. The highest BCUT2D eigenvalue weighted by molar-refractivity contribution is 6.02. The van der Waals surface area contributed by atoms with Crippen LogP contribution in [0.4, 0.5) is 4.39 Å². The van der Waals surface area contributed by atoms with Crippen molar-refractivity contribution in [1.29, 1.82) is 5.26 Å². The van der Waals surface area contributed by atoms with Crippen LogP contribution < -0.4 is 0 Å². The molecule has 6 nitrogen and oxygen atoms in total. The molecule has 0 aliphatic rings. The molecule has 0 spiro atoms. The van der Waals surface area contributed by atoms with E-state index in [1.54, 1.807) is 12.3 Å². The normalized spacial score (nSPS) is 11.2. The highest BCUT2D eigenvalue weighted by Crippen LogP contribution is 2.38. The van der Waals surface area contributed by atoms with Gasteiger partial charge in [-0.15, -0.1) is 0 Å². The number of fused-ring (bicyclic) bond motifs is 2. The number of aryl methyl sites for hydroxylation is 1. The SMILES string of the molecule is Cn1ncc2cc(-c3ncc4c(ccn4Cc4cccnc4)c3-c3ccc(C#N)c(F)c3)ccc21. The molecule has 4 aromatic heterocycles. The lowest BCUT2D eigenvalue weighted by Gasteiger charge is -2.13. The number of pyridine rings is 2. The first-order chi connectivity index (χ1) is 17.1. The number of benzene rings is 2. The van der Waals surface area contributed by atoms with Crippen LogP contribution in [-0.2, 0) is 13.6 Å². The van der Waals surface area contributed by atoms with E-state index in [1.807, 2.05) is 79.0 Å². The first kappa shape index (κ1) is 20.8. The van der Waals surface area contributed by atoms with Crippen LogP contribution in [0.25, 0.3) is 44.2 Å². The van der Waals surface area contributed by atoms with Crippen molar-refractivity contribution in [3.8, 4) is 28.5 Å². The van der Waals surface area contributed by atoms with E-state index >= 15 is 0 Å². The van der Waals surface area contributed by atoms with Crippen molar-refractivity contribution in [3.05, 3.63) is 103 Å². The second kappa shape index (κ2) is 8.19. The van der Waals surface area contributed by atoms with Crippen molar-refractivity contribution in [2.75, 3.05) is 0 Å². The summed E-state index contributed by atoms with van der Waals surface area (Å²) in [5.41, 5.74) is 6.17. The summed E-state index contributed by atoms with van der Waals surface area (Å²) < 4.78 is 18.6. The maximum Gasteiger partial charge on any atom is 0.141 e. The number of nitriles is 1. The maximum absolute atomic E-state index is 14.7. The first-order valence-electron chi connectivity index (χ1n) is 11.1. The molecular weight excluding hydrogens is 439 g/mol. The van der Waals surface area contributed by atoms with Gasteiger partial charge in [0, 0.05) is 54.1 Å². The topological polar surface area (TPSA) is 72.3 Å². The van der Waals surface area contributed by atoms with Crippen molar-refractivity contribution in [2.45, 2.75) is 6.54 Å². The number of aromatic nitrogens is 5. The van der Waals surface area contributed by atoms with Gasteiger partial charge in [-0.05, 0) is 47.5 Å². The molecule has 7 heteroatoms. The zero-order valence-corrected chi connectivity index (χ0v) is 18.9. The third-order valence-corrected chi connectivity index (χ3v) is 6.30. The van der Waals surface area contributed by atoms with Gasteiger partial charge in [-0.2, -0.15) is 10.4 Å². The minimum atomic E-state index is -0.551. The van der Waals surface area contributed by atoms with Gasteiger partial charge in [0.05, 0.1) is 34.7 Å². The molecule has 0 saturated heterocycles. The molecule has 0 aliphatic carbocycles. The number of hydrogen-bond donors (Lipinski definition) is 0. The average molecular weight is 459 g/mol. The Morgan fingerprint density at radius 1 is 0.971 bits per heavy atom. The Labute approximate surface area is 200 Å². The lowest BCUT2D eigenvalue weighted by Crippen LogP contribution is -1.99. The molecule has 0 atom stereocenters. The molecule has 35 heavy (non-hydrogen) atoms. The van der Waals surface area contributed by atoms with E-state index in [9.17, 15) is 9.65 Å². The molecule has 0 radical (unpaired) electrons. The van der Waals surface area contributed by atoms with Gasteiger partial charge in [-0.3, -0.25) is 14.6 Å². The minimum Gasteiger partial charge on any atom is -0.342 e. The zero-order valence-electron chi connectivity index (χ0n) is 18.9. The average Bonchev–Trinajstić information content (AvgIpc) is 3.47. The van der Waals surface area contributed by atoms with Crippen LogP contribution in [0.5, 0.6) is 0 Å². The van der Waals surface area contributed by atoms with Crippen molar-refractivity contribution in [1.82, 2.24) is 24.3 Å². The summed E-state index contributed by atoms with van der Waals surface area (Å²) in [5.74, 6) is -0.551. The molecule has 168 valence electrons. The van der Waals surface area contributed by atoms with Crippen LogP contribution in [0, 0.1) is 17.1 Å². The Morgan fingerprint density at radius 3 is 2.66 bits per heavy atom. The predicted molar refractivity (Wildman–Crippen MR) is 133 cm³/mol. The fourth-order valence-corrected chi connectivity index (χ4v) is 4.57. The van der Waals surface area contributed by atoms with E-state index in [2.05, 4.69) is 14.6 Å². The van der Waals surface area contributed by atoms with E-state index in [0.717, 1.165) is 44.2 Å². The molecule has 0 bridgehead atoms. The quantitative estimate of drug-likeness (QED) is 0.339. The molecule has 0 N–H and O–H groups in total. The summed E-state index contributed by atoms with van der Waals surface area (Å²) in [7, 11) is 1.91. The fourth-order valence-electron chi connectivity index (χ4n) is 4.57. The summed E-state index contributed by atoms with van der Waals surface area (Å²) >= 11 is 0. The predicted octanol–water partition coefficient (Wildman–Crippen LogP) is 5.71. The highest BCUT2D eigenvalue weighted by atomic mass is 19.1. The highest BCUT2D eigenvalue weighted by Gasteiger charge is 2.18. The van der Waals surface area contributed by atoms with Crippen LogP contribution >= 0.6 is 0 Å². The smallest absolute Gasteiger partial charge is 0.141 e. The number of hydrogen-bond acceptors (Lipinski definition) is 4. The standard InChI is InChI=1S/C28H19FN6/c1-34-25-7-6-20(11-22(25)15-33-34)28-27(19-4-5-21(13-30)24(29)12-19)23-8-10-35(26(23)16-32-28)17-18-3-2-9-31-14-18/h2-12,14-16H,17H2,1H3. The third-order valence-electron chi connectivity index (χ3n) is 6.30. The fraction of sp³-hybridized carbons (Fsp3) is 0.0714. The van der Waals surface area contributed by atoms with E-state index in [-0.39, 0.29) is 5.56 Å². The van der Waals surface area contributed by atoms with Crippen molar-refractivity contribution in [2.24, 2.45) is 7.05 Å². The lowest BCUT2D eigenvalue weighted by molar-refractivity contribution is 0.624. The molecule has 0 amide bonds. The minimum absolute atomic E-state index is 0.0151. The van der Waals surface area contributed by atoms with E-state index in [1.165, 1.54) is 12.1 Å². The summed E-state index contributed by atoms with van der Waals surface area (Å²) in [5, 5.41) is 15.5. The molecule has 0 saturated carbocycles. The largest absolute Gasteiger partial charge is 0.342 e.